The van der Waals surface area contributed by atoms with E-state index in [2.05, 4.69) is 0 Å². The fraction of sp³-hybridized carbons (Fsp3) is 0.0769. The Hall–Kier alpha value is -4.32. The highest BCUT2D eigenvalue weighted by Gasteiger charge is 2.20. The third-order valence-corrected chi connectivity index (χ3v) is 5.48. The van der Waals surface area contributed by atoms with Crippen molar-refractivity contribution in [2.24, 2.45) is 0 Å². The third kappa shape index (κ3) is 2.96. The second-order valence-electron chi connectivity index (χ2n) is 7.44. The molecule has 3 aromatic heterocycles. The number of ether oxygens (including phenoxy) is 2. The van der Waals surface area contributed by atoms with Crippen LogP contribution in [0.4, 0.5) is 0 Å². The lowest BCUT2D eigenvalue weighted by molar-refractivity contribution is 0.415. The van der Waals surface area contributed by atoms with Crippen LogP contribution in [0.3, 0.4) is 0 Å². The number of benzene rings is 3. The van der Waals surface area contributed by atoms with Gasteiger partial charge in [-0.3, -0.25) is 0 Å². The zero-order chi connectivity index (χ0) is 21.7. The first kappa shape index (κ1) is 18.4. The van der Waals surface area contributed by atoms with Crippen LogP contribution in [0.15, 0.2) is 81.6 Å². The zero-order valence-electron chi connectivity index (χ0n) is 17.5. The molecule has 0 saturated heterocycles. The van der Waals surface area contributed by atoms with Crippen molar-refractivity contribution in [3.05, 3.63) is 72.8 Å². The number of nitrogens with zero attached hydrogens (tertiary/aromatic N) is 2. The molecule has 0 N–H and O–H groups in total. The van der Waals surface area contributed by atoms with Crippen molar-refractivity contribution in [3.63, 3.8) is 0 Å². The van der Waals surface area contributed by atoms with Gasteiger partial charge in [0.25, 0.3) is 0 Å². The Bertz CT molecular complexity index is 1490. The number of para-hydroxylation sites is 2. The first-order chi connectivity index (χ1) is 15.7. The molecule has 0 aliphatic carbocycles. The fourth-order valence-electron chi connectivity index (χ4n) is 3.87. The number of fused-ring (bicyclic) bond motifs is 3. The van der Waals surface area contributed by atoms with Crippen LogP contribution in [0.5, 0.6) is 11.5 Å². The lowest BCUT2D eigenvalue weighted by atomic mass is 10.1. The Morgan fingerprint density at radius 3 is 1.50 bits per heavy atom. The molecule has 0 atom stereocenters. The number of methoxy groups -OCH3 is 2. The van der Waals surface area contributed by atoms with Crippen LogP contribution in [-0.4, -0.2) is 24.2 Å². The normalized spacial score (nSPS) is 11.4. The Morgan fingerprint density at radius 1 is 0.594 bits per heavy atom. The lowest BCUT2D eigenvalue weighted by Gasteiger charge is -2.06. The highest BCUT2D eigenvalue weighted by Crippen LogP contribution is 2.37. The SMILES string of the molecule is COc1ccc2oc(-c3nc4ccccc4nc3-c3cc4cc(OC)ccc4o3)cc2c1. The molecule has 0 saturated carbocycles. The van der Waals surface area contributed by atoms with Gasteiger partial charge in [0.15, 0.2) is 11.5 Å². The smallest absolute Gasteiger partial charge is 0.156 e. The molecular weight excluding hydrogens is 404 g/mol. The minimum atomic E-state index is 0.611. The molecule has 3 aromatic carbocycles. The summed E-state index contributed by atoms with van der Waals surface area (Å²) in [6.45, 7) is 0. The molecule has 6 heteroatoms. The molecule has 0 spiro atoms. The van der Waals surface area contributed by atoms with Gasteiger partial charge in [-0.05, 0) is 60.7 Å². The van der Waals surface area contributed by atoms with Crippen molar-refractivity contribution in [1.29, 1.82) is 0 Å². The molecule has 6 aromatic rings. The van der Waals surface area contributed by atoms with Crippen LogP contribution in [0.2, 0.25) is 0 Å². The van der Waals surface area contributed by atoms with Crippen LogP contribution >= 0.6 is 0 Å². The van der Waals surface area contributed by atoms with Gasteiger partial charge < -0.3 is 18.3 Å². The second-order valence-corrected chi connectivity index (χ2v) is 7.44. The van der Waals surface area contributed by atoms with E-state index < -0.39 is 0 Å². The summed E-state index contributed by atoms with van der Waals surface area (Å²) in [5.74, 6) is 2.75. The Kier molecular flexibility index (Phi) is 4.11. The molecular formula is C26H18N2O4. The molecule has 156 valence electrons. The Labute approximate surface area is 183 Å². The molecule has 0 unspecified atom stereocenters. The summed E-state index contributed by atoms with van der Waals surface area (Å²) in [4.78, 5) is 9.78. The van der Waals surface area contributed by atoms with Crippen molar-refractivity contribution < 1.29 is 18.3 Å². The highest BCUT2D eigenvalue weighted by atomic mass is 16.5. The molecule has 0 radical (unpaired) electrons. The quantitative estimate of drug-likeness (QED) is 0.324. The van der Waals surface area contributed by atoms with Gasteiger partial charge in [0.2, 0.25) is 0 Å². The number of hydrogen-bond acceptors (Lipinski definition) is 6. The van der Waals surface area contributed by atoms with E-state index in [1.54, 1.807) is 14.2 Å². The first-order valence-corrected chi connectivity index (χ1v) is 10.1. The van der Waals surface area contributed by atoms with Crippen LogP contribution in [0.25, 0.3) is 55.9 Å². The van der Waals surface area contributed by atoms with Gasteiger partial charge in [-0.15, -0.1) is 0 Å². The van der Waals surface area contributed by atoms with Crippen LogP contribution in [0.1, 0.15) is 0 Å². The van der Waals surface area contributed by atoms with Crippen molar-refractivity contribution in [1.82, 2.24) is 9.97 Å². The van der Waals surface area contributed by atoms with Crippen LogP contribution in [0, 0.1) is 0 Å². The summed E-state index contributed by atoms with van der Waals surface area (Å²) in [6.07, 6.45) is 0. The molecule has 0 aliphatic rings. The number of aromatic nitrogens is 2. The van der Waals surface area contributed by atoms with Crippen molar-refractivity contribution >= 4 is 33.0 Å². The molecule has 0 aliphatic heterocycles. The molecule has 0 bridgehead atoms. The van der Waals surface area contributed by atoms with Crippen molar-refractivity contribution in [3.8, 4) is 34.4 Å². The van der Waals surface area contributed by atoms with Crippen molar-refractivity contribution in [2.45, 2.75) is 0 Å². The summed E-state index contributed by atoms with van der Waals surface area (Å²) in [5.41, 5.74) is 4.28. The van der Waals surface area contributed by atoms with Crippen molar-refractivity contribution in [2.75, 3.05) is 14.2 Å². The molecule has 0 fully saturated rings. The van der Waals surface area contributed by atoms with Crippen LogP contribution in [-0.2, 0) is 0 Å². The minimum Gasteiger partial charge on any atom is -0.497 e. The van der Waals surface area contributed by atoms with E-state index in [-0.39, 0.29) is 0 Å². The number of hydrogen-bond donors (Lipinski definition) is 0. The van der Waals surface area contributed by atoms with Gasteiger partial charge in [-0.25, -0.2) is 9.97 Å². The molecule has 6 rings (SSSR count). The molecule has 0 amide bonds. The minimum absolute atomic E-state index is 0.611. The average Bonchev–Trinajstić information content (AvgIpc) is 3.46. The van der Waals surface area contributed by atoms with Gasteiger partial charge in [0.1, 0.15) is 34.1 Å². The third-order valence-electron chi connectivity index (χ3n) is 5.48. The lowest BCUT2D eigenvalue weighted by Crippen LogP contribution is -1.93. The largest absolute Gasteiger partial charge is 0.497 e. The van der Waals surface area contributed by atoms with E-state index in [9.17, 15) is 0 Å². The van der Waals surface area contributed by atoms with Gasteiger partial charge >= 0.3 is 0 Å². The molecule has 6 nitrogen and oxygen atoms in total. The summed E-state index contributed by atoms with van der Waals surface area (Å²) < 4.78 is 23.0. The van der Waals surface area contributed by atoms with E-state index in [0.717, 1.165) is 44.5 Å². The summed E-state index contributed by atoms with van der Waals surface area (Å²) >= 11 is 0. The summed E-state index contributed by atoms with van der Waals surface area (Å²) in [6, 6.07) is 23.0. The summed E-state index contributed by atoms with van der Waals surface area (Å²) in [7, 11) is 3.29. The molecule has 32 heavy (non-hydrogen) atoms. The van der Waals surface area contributed by atoms with Gasteiger partial charge in [0, 0.05) is 10.8 Å². The number of furan rings is 2. The monoisotopic (exact) mass is 422 g/mol. The van der Waals surface area contributed by atoms with Gasteiger partial charge in [-0.1, -0.05) is 12.1 Å². The van der Waals surface area contributed by atoms with E-state index >= 15 is 0 Å². The first-order valence-electron chi connectivity index (χ1n) is 10.1. The van der Waals surface area contributed by atoms with E-state index in [1.165, 1.54) is 0 Å². The van der Waals surface area contributed by atoms with Crippen LogP contribution < -0.4 is 9.47 Å². The van der Waals surface area contributed by atoms with E-state index in [4.69, 9.17) is 28.3 Å². The topological polar surface area (TPSA) is 70.5 Å². The predicted molar refractivity (Wildman–Crippen MR) is 123 cm³/mol. The maximum atomic E-state index is 6.16. The predicted octanol–water partition coefficient (Wildman–Crippen LogP) is 6.47. The maximum absolute atomic E-state index is 6.16. The summed E-state index contributed by atoms with van der Waals surface area (Å²) in [5, 5.41) is 1.85. The van der Waals surface area contributed by atoms with E-state index in [0.29, 0.717) is 22.9 Å². The number of rotatable bonds is 4. The average molecular weight is 422 g/mol. The zero-order valence-corrected chi connectivity index (χ0v) is 17.5. The standard InChI is InChI=1S/C26H18N2O4/c1-29-17-7-9-21-15(11-17)13-23(31-21)25-26(28-20-6-4-3-5-19(20)27-25)24-14-16-12-18(30-2)8-10-22(16)32-24/h3-14H,1-2H3. The fourth-order valence-corrected chi connectivity index (χ4v) is 3.87. The maximum Gasteiger partial charge on any atom is 0.156 e. The van der Waals surface area contributed by atoms with Gasteiger partial charge in [0.05, 0.1) is 25.3 Å². The van der Waals surface area contributed by atoms with E-state index in [1.807, 2.05) is 72.8 Å². The van der Waals surface area contributed by atoms with Gasteiger partial charge in [-0.2, -0.15) is 0 Å². The highest BCUT2D eigenvalue weighted by molar-refractivity contribution is 5.91. The Balaban J connectivity index is 1.60. The second kappa shape index (κ2) is 7.13. The molecule has 3 heterocycles. The Morgan fingerprint density at radius 2 is 1.06 bits per heavy atom.